The monoisotopic (exact) mass is 322 g/mol. The molecule has 0 radical (unpaired) electrons. The van der Waals surface area contributed by atoms with Gasteiger partial charge in [-0.1, -0.05) is 12.5 Å². The highest BCUT2D eigenvalue weighted by atomic mass is 19.1. The van der Waals surface area contributed by atoms with E-state index in [0.29, 0.717) is 18.2 Å². The molecule has 1 saturated heterocycles. The molecule has 0 aromatic heterocycles. The number of aliphatic hydroxyl groups is 1. The first-order chi connectivity index (χ1) is 11.2. The van der Waals surface area contributed by atoms with E-state index in [-0.39, 0.29) is 5.75 Å². The van der Waals surface area contributed by atoms with Crippen molar-refractivity contribution in [3.05, 3.63) is 29.6 Å². The Labute approximate surface area is 137 Å². The zero-order valence-corrected chi connectivity index (χ0v) is 13.8. The summed E-state index contributed by atoms with van der Waals surface area (Å²) in [6.07, 6.45) is 5.66. The van der Waals surface area contributed by atoms with Gasteiger partial charge >= 0.3 is 0 Å². The lowest BCUT2D eigenvalue weighted by Crippen LogP contribution is -2.49. The van der Waals surface area contributed by atoms with Crippen LogP contribution in [0.3, 0.4) is 0 Å². The predicted molar refractivity (Wildman–Crippen MR) is 88.1 cm³/mol. The molecule has 3 rings (SSSR count). The number of nitrogens with zero attached hydrogens (tertiary/aromatic N) is 1. The first kappa shape index (κ1) is 16.7. The van der Waals surface area contributed by atoms with Crippen LogP contribution in [-0.2, 0) is 0 Å². The number of nitrogens with one attached hydrogen (secondary N) is 1. The van der Waals surface area contributed by atoms with Crippen molar-refractivity contribution in [3.8, 4) is 5.75 Å². The molecule has 1 saturated carbocycles. The summed E-state index contributed by atoms with van der Waals surface area (Å²) in [4.78, 5) is 2.61. The molecule has 128 valence electrons. The van der Waals surface area contributed by atoms with Crippen molar-refractivity contribution in [1.29, 1.82) is 0 Å². The van der Waals surface area contributed by atoms with Gasteiger partial charge in [0.1, 0.15) is 0 Å². The first-order valence-corrected chi connectivity index (χ1v) is 8.66. The van der Waals surface area contributed by atoms with E-state index >= 15 is 0 Å². The van der Waals surface area contributed by atoms with Gasteiger partial charge in [0.2, 0.25) is 0 Å². The van der Waals surface area contributed by atoms with E-state index in [4.69, 9.17) is 4.74 Å². The molecule has 5 heteroatoms. The molecule has 1 unspecified atom stereocenters. The van der Waals surface area contributed by atoms with Crippen molar-refractivity contribution < 1.29 is 14.2 Å². The molecule has 2 aliphatic rings. The van der Waals surface area contributed by atoms with E-state index in [0.717, 1.165) is 32.0 Å². The van der Waals surface area contributed by atoms with E-state index in [2.05, 4.69) is 10.2 Å². The fraction of sp³-hybridized carbons (Fsp3) is 0.667. The maximum absolute atomic E-state index is 13.7. The highest BCUT2D eigenvalue weighted by Gasteiger charge is 2.28. The second-order valence-corrected chi connectivity index (χ2v) is 6.71. The number of hydrogen-bond donors (Lipinski definition) is 2. The fourth-order valence-corrected chi connectivity index (χ4v) is 3.51. The standard InChI is InChI=1S/C18H27FN2O2/c1-23-18-6-5-13(11-16(18)19)17(22)12-20-14-7-9-21(10-8-14)15-3-2-4-15/h5-6,11,14-15,17,20,22H,2-4,7-10,12H2,1H3. The lowest BCUT2D eigenvalue weighted by molar-refractivity contribution is 0.0876. The minimum atomic E-state index is -0.694. The normalized spacial score (nSPS) is 21.9. The minimum Gasteiger partial charge on any atom is -0.494 e. The van der Waals surface area contributed by atoms with Crippen molar-refractivity contribution in [2.75, 3.05) is 26.7 Å². The summed E-state index contributed by atoms with van der Waals surface area (Å²) in [5.41, 5.74) is 0.586. The average molecular weight is 322 g/mol. The van der Waals surface area contributed by atoms with Crippen LogP contribution in [0.1, 0.15) is 43.8 Å². The molecule has 4 nitrogen and oxygen atoms in total. The Kier molecular flexibility index (Phi) is 5.51. The van der Waals surface area contributed by atoms with Crippen LogP contribution < -0.4 is 10.1 Å². The number of methoxy groups -OCH3 is 1. The summed E-state index contributed by atoms with van der Waals surface area (Å²) in [6.45, 7) is 2.76. The molecule has 1 heterocycles. The van der Waals surface area contributed by atoms with Gasteiger partial charge in [0.15, 0.2) is 11.6 Å². The Morgan fingerprint density at radius 2 is 2.04 bits per heavy atom. The third-order valence-corrected chi connectivity index (χ3v) is 5.28. The van der Waals surface area contributed by atoms with Gasteiger partial charge in [0.25, 0.3) is 0 Å². The lowest BCUT2D eigenvalue weighted by atomic mass is 9.89. The number of aliphatic hydroxyl groups excluding tert-OH is 1. The van der Waals surface area contributed by atoms with Gasteiger partial charge in [0, 0.05) is 18.6 Å². The van der Waals surface area contributed by atoms with Crippen molar-refractivity contribution in [2.24, 2.45) is 0 Å². The molecule has 1 aromatic carbocycles. The van der Waals surface area contributed by atoms with Crippen LogP contribution in [0.15, 0.2) is 18.2 Å². The SMILES string of the molecule is COc1ccc(C(O)CNC2CCN(C3CCC3)CC2)cc1F. The maximum atomic E-state index is 13.7. The van der Waals surface area contributed by atoms with Gasteiger partial charge in [-0.25, -0.2) is 4.39 Å². The Morgan fingerprint density at radius 3 is 2.61 bits per heavy atom. The third kappa shape index (κ3) is 4.03. The van der Waals surface area contributed by atoms with E-state index in [9.17, 15) is 9.50 Å². The smallest absolute Gasteiger partial charge is 0.165 e. The molecule has 1 aliphatic carbocycles. The largest absolute Gasteiger partial charge is 0.494 e. The van der Waals surface area contributed by atoms with Crippen LogP contribution in [0.5, 0.6) is 5.75 Å². The lowest BCUT2D eigenvalue weighted by Gasteiger charge is -2.42. The van der Waals surface area contributed by atoms with Crippen LogP contribution in [0, 0.1) is 5.82 Å². The second kappa shape index (κ2) is 7.60. The zero-order chi connectivity index (χ0) is 16.2. The summed E-state index contributed by atoms with van der Waals surface area (Å²) < 4.78 is 18.6. The van der Waals surface area contributed by atoms with Crippen LogP contribution in [0.2, 0.25) is 0 Å². The molecule has 0 spiro atoms. The van der Waals surface area contributed by atoms with Crippen molar-refractivity contribution in [2.45, 2.75) is 50.3 Å². The fourth-order valence-electron chi connectivity index (χ4n) is 3.51. The third-order valence-electron chi connectivity index (χ3n) is 5.28. The first-order valence-electron chi connectivity index (χ1n) is 8.66. The maximum Gasteiger partial charge on any atom is 0.165 e. The van der Waals surface area contributed by atoms with Gasteiger partial charge < -0.3 is 20.1 Å². The molecule has 0 amide bonds. The van der Waals surface area contributed by atoms with Gasteiger partial charge in [-0.15, -0.1) is 0 Å². The Bertz CT molecular complexity index is 514. The highest BCUT2D eigenvalue weighted by molar-refractivity contribution is 5.30. The van der Waals surface area contributed by atoms with Crippen LogP contribution in [-0.4, -0.2) is 48.8 Å². The van der Waals surface area contributed by atoms with Crippen molar-refractivity contribution >= 4 is 0 Å². The van der Waals surface area contributed by atoms with Gasteiger partial charge in [-0.2, -0.15) is 0 Å². The summed E-state index contributed by atoms with van der Waals surface area (Å²) in [7, 11) is 1.44. The van der Waals surface area contributed by atoms with Gasteiger partial charge in [0.05, 0.1) is 13.2 Å². The molecular weight excluding hydrogens is 295 g/mol. The quantitative estimate of drug-likeness (QED) is 0.844. The van der Waals surface area contributed by atoms with E-state index in [1.165, 1.54) is 32.4 Å². The van der Waals surface area contributed by atoms with Crippen LogP contribution >= 0.6 is 0 Å². The van der Waals surface area contributed by atoms with Crippen LogP contribution in [0.25, 0.3) is 0 Å². The number of piperidine rings is 1. The van der Waals surface area contributed by atoms with E-state index in [1.54, 1.807) is 12.1 Å². The summed E-state index contributed by atoms with van der Waals surface area (Å²) in [5.74, 6) is -0.227. The molecule has 2 N–H and O–H groups in total. The number of benzene rings is 1. The van der Waals surface area contributed by atoms with Crippen molar-refractivity contribution in [1.82, 2.24) is 10.2 Å². The Balaban J connectivity index is 1.44. The molecule has 1 aromatic rings. The van der Waals surface area contributed by atoms with Crippen molar-refractivity contribution in [3.63, 3.8) is 0 Å². The molecular formula is C18H27FN2O2. The number of ether oxygens (including phenoxy) is 1. The molecule has 23 heavy (non-hydrogen) atoms. The van der Waals surface area contributed by atoms with Gasteiger partial charge in [-0.05, 0) is 56.5 Å². The summed E-state index contributed by atoms with van der Waals surface area (Å²) >= 11 is 0. The second-order valence-electron chi connectivity index (χ2n) is 6.71. The highest BCUT2D eigenvalue weighted by Crippen LogP contribution is 2.27. The Hall–Kier alpha value is -1.17. The molecule has 2 fully saturated rings. The molecule has 0 bridgehead atoms. The minimum absolute atomic E-state index is 0.206. The molecule has 1 aliphatic heterocycles. The summed E-state index contributed by atoms with van der Waals surface area (Å²) in [5, 5.41) is 13.7. The van der Waals surface area contributed by atoms with Gasteiger partial charge in [-0.3, -0.25) is 0 Å². The predicted octanol–water partition coefficient (Wildman–Crippen LogP) is 2.47. The number of rotatable bonds is 6. The number of hydrogen-bond acceptors (Lipinski definition) is 4. The number of likely N-dealkylation sites (tertiary alicyclic amines) is 1. The van der Waals surface area contributed by atoms with Crippen LogP contribution in [0.4, 0.5) is 4.39 Å². The molecule has 1 atom stereocenters. The van der Waals surface area contributed by atoms with E-state index < -0.39 is 11.9 Å². The number of halogens is 1. The summed E-state index contributed by atoms with van der Waals surface area (Å²) in [6, 6.07) is 5.90. The van der Waals surface area contributed by atoms with E-state index in [1.807, 2.05) is 0 Å². The Morgan fingerprint density at radius 1 is 1.30 bits per heavy atom. The zero-order valence-electron chi connectivity index (χ0n) is 13.8. The topological polar surface area (TPSA) is 44.7 Å². The average Bonchev–Trinajstić information content (AvgIpc) is 2.52.